The molecule has 1 aliphatic rings. The molecule has 2 heterocycles. The van der Waals surface area contributed by atoms with Gasteiger partial charge in [-0.1, -0.05) is 17.7 Å². The Balaban J connectivity index is 2.35. The van der Waals surface area contributed by atoms with Crippen LogP contribution in [0.15, 0.2) is 28.9 Å². The van der Waals surface area contributed by atoms with Gasteiger partial charge in [0.1, 0.15) is 0 Å². The Morgan fingerprint density at radius 2 is 2.08 bits per heavy atom. The molecule has 6 nitrogen and oxygen atoms in total. The SMILES string of the molecule is CC(C)n1c(Br)cc(C(=O)O)c1C1(O)c2ccc(Cl)cc2NC1O. The number of aromatic nitrogens is 1. The number of aromatic carboxylic acids is 1. The Morgan fingerprint density at radius 3 is 2.67 bits per heavy atom. The summed E-state index contributed by atoms with van der Waals surface area (Å²) in [6, 6.07) is 6.03. The zero-order valence-electron chi connectivity index (χ0n) is 12.9. The van der Waals surface area contributed by atoms with E-state index in [0.717, 1.165) is 0 Å². The standard InChI is InChI=1S/C16H16BrClN2O4/c1-7(2)20-12(17)6-9(14(21)22)13(20)16(24)10-4-3-8(18)5-11(10)19-15(16)23/h3-7,15,19,23-24H,1-2H3,(H,21,22). The van der Waals surface area contributed by atoms with Crippen LogP contribution in [0.3, 0.4) is 0 Å². The van der Waals surface area contributed by atoms with E-state index in [2.05, 4.69) is 21.2 Å². The molecule has 0 aliphatic carbocycles. The number of benzene rings is 1. The van der Waals surface area contributed by atoms with Crippen molar-refractivity contribution in [3.05, 3.63) is 50.7 Å². The summed E-state index contributed by atoms with van der Waals surface area (Å²) in [6.07, 6.45) is -1.41. The first-order chi connectivity index (χ1) is 11.2. The zero-order valence-corrected chi connectivity index (χ0v) is 15.3. The lowest BCUT2D eigenvalue weighted by Crippen LogP contribution is -2.42. The number of carbonyl (C=O) groups is 1. The lowest BCUT2D eigenvalue weighted by molar-refractivity contribution is -0.0314. The second-order valence-electron chi connectivity index (χ2n) is 6.00. The summed E-state index contributed by atoms with van der Waals surface area (Å²) in [5.74, 6) is -1.19. The molecule has 2 unspecified atom stereocenters. The van der Waals surface area contributed by atoms with Gasteiger partial charge in [-0.05, 0) is 48.0 Å². The number of hydrogen-bond donors (Lipinski definition) is 4. The van der Waals surface area contributed by atoms with Crippen LogP contribution < -0.4 is 5.32 Å². The Kier molecular flexibility index (Phi) is 4.16. The molecule has 3 rings (SSSR count). The summed E-state index contributed by atoms with van der Waals surface area (Å²) in [5, 5.41) is 34.7. The molecule has 24 heavy (non-hydrogen) atoms. The van der Waals surface area contributed by atoms with Crippen LogP contribution in [0.5, 0.6) is 0 Å². The van der Waals surface area contributed by atoms with Gasteiger partial charge in [-0.15, -0.1) is 0 Å². The van der Waals surface area contributed by atoms with Gasteiger partial charge in [-0.2, -0.15) is 0 Å². The largest absolute Gasteiger partial charge is 0.478 e. The number of carboxylic acid groups (broad SMARTS) is 1. The van der Waals surface area contributed by atoms with E-state index >= 15 is 0 Å². The minimum atomic E-state index is -1.93. The van der Waals surface area contributed by atoms with Crippen molar-refractivity contribution in [2.24, 2.45) is 0 Å². The van der Waals surface area contributed by atoms with E-state index in [0.29, 0.717) is 20.9 Å². The van der Waals surface area contributed by atoms with Gasteiger partial charge in [0.05, 0.1) is 15.9 Å². The van der Waals surface area contributed by atoms with E-state index in [4.69, 9.17) is 11.6 Å². The van der Waals surface area contributed by atoms with Gasteiger partial charge in [0, 0.05) is 22.3 Å². The fourth-order valence-corrected chi connectivity index (χ4v) is 4.16. The summed E-state index contributed by atoms with van der Waals surface area (Å²) in [5.41, 5.74) is -1.07. The molecule has 0 fully saturated rings. The number of nitrogens with zero attached hydrogens (tertiary/aromatic N) is 1. The Labute approximate surface area is 151 Å². The van der Waals surface area contributed by atoms with Crippen LogP contribution in [0.25, 0.3) is 0 Å². The van der Waals surface area contributed by atoms with Gasteiger partial charge in [-0.3, -0.25) is 0 Å². The van der Waals surface area contributed by atoms with E-state index in [1.54, 1.807) is 22.8 Å². The molecule has 0 saturated heterocycles. The lowest BCUT2D eigenvalue weighted by Gasteiger charge is -2.31. The van der Waals surface area contributed by atoms with Crippen molar-refractivity contribution >= 4 is 39.2 Å². The molecule has 1 aromatic heterocycles. The second-order valence-corrected chi connectivity index (χ2v) is 7.25. The highest BCUT2D eigenvalue weighted by molar-refractivity contribution is 9.10. The number of aliphatic hydroxyl groups excluding tert-OH is 1. The average Bonchev–Trinajstić information content (AvgIpc) is 2.95. The van der Waals surface area contributed by atoms with E-state index in [-0.39, 0.29) is 17.3 Å². The quantitative estimate of drug-likeness (QED) is 0.618. The van der Waals surface area contributed by atoms with Crippen LogP contribution in [0, 0.1) is 0 Å². The van der Waals surface area contributed by atoms with Gasteiger partial charge in [0.2, 0.25) is 0 Å². The van der Waals surface area contributed by atoms with Crippen molar-refractivity contribution in [3.63, 3.8) is 0 Å². The maximum absolute atomic E-state index is 11.7. The zero-order chi connectivity index (χ0) is 17.8. The number of aliphatic hydroxyl groups is 2. The van der Waals surface area contributed by atoms with Crippen LogP contribution in [0.1, 0.15) is 41.5 Å². The van der Waals surface area contributed by atoms with Crippen molar-refractivity contribution in [3.8, 4) is 0 Å². The molecular weight excluding hydrogens is 400 g/mol. The smallest absolute Gasteiger partial charge is 0.337 e. The first-order valence-electron chi connectivity index (χ1n) is 7.29. The van der Waals surface area contributed by atoms with Gasteiger partial charge < -0.3 is 25.2 Å². The number of anilines is 1. The molecule has 2 atom stereocenters. The number of halogens is 2. The number of fused-ring (bicyclic) bond motifs is 1. The van der Waals surface area contributed by atoms with E-state index in [1.165, 1.54) is 6.07 Å². The lowest BCUT2D eigenvalue weighted by atomic mass is 9.88. The third-order valence-corrected chi connectivity index (χ3v) is 5.02. The van der Waals surface area contributed by atoms with Crippen molar-refractivity contribution in [1.82, 2.24) is 4.57 Å². The Bertz CT molecular complexity index is 836. The highest BCUT2D eigenvalue weighted by Crippen LogP contribution is 2.47. The Morgan fingerprint density at radius 1 is 1.42 bits per heavy atom. The second kappa shape index (κ2) is 5.77. The average molecular weight is 416 g/mol. The van der Waals surface area contributed by atoms with Crippen molar-refractivity contribution in [2.45, 2.75) is 31.7 Å². The Hall–Kier alpha value is -1.54. The molecule has 0 saturated carbocycles. The van der Waals surface area contributed by atoms with Crippen molar-refractivity contribution < 1.29 is 20.1 Å². The van der Waals surface area contributed by atoms with Crippen LogP contribution in [0.4, 0.5) is 5.69 Å². The van der Waals surface area contributed by atoms with Gasteiger partial charge >= 0.3 is 5.97 Å². The molecule has 4 N–H and O–H groups in total. The third-order valence-electron chi connectivity index (χ3n) is 4.18. The van der Waals surface area contributed by atoms with E-state index in [9.17, 15) is 20.1 Å². The summed E-state index contributed by atoms with van der Waals surface area (Å²) in [6.45, 7) is 3.72. The molecule has 0 bridgehead atoms. The molecule has 1 aliphatic heterocycles. The predicted octanol–water partition coefficient (Wildman–Crippen LogP) is 3.16. The van der Waals surface area contributed by atoms with Gasteiger partial charge in [0.25, 0.3) is 0 Å². The van der Waals surface area contributed by atoms with Crippen LogP contribution in [-0.2, 0) is 5.60 Å². The predicted molar refractivity (Wildman–Crippen MR) is 93.6 cm³/mol. The number of rotatable bonds is 3. The minimum Gasteiger partial charge on any atom is -0.478 e. The molecule has 2 aromatic rings. The molecule has 0 radical (unpaired) electrons. The molecule has 128 valence electrons. The van der Waals surface area contributed by atoms with Crippen LogP contribution in [-0.4, -0.2) is 32.1 Å². The maximum atomic E-state index is 11.7. The van der Waals surface area contributed by atoms with Crippen molar-refractivity contribution in [2.75, 3.05) is 5.32 Å². The van der Waals surface area contributed by atoms with Crippen LogP contribution in [0.2, 0.25) is 5.02 Å². The topological polar surface area (TPSA) is 94.7 Å². The van der Waals surface area contributed by atoms with E-state index < -0.39 is 17.8 Å². The fourth-order valence-electron chi connectivity index (χ4n) is 3.17. The normalized spacial score (nSPS) is 22.5. The highest BCUT2D eigenvalue weighted by Gasteiger charge is 2.51. The minimum absolute atomic E-state index is 0.0817. The molecule has 0 spiro atoms. The first kappa shape index (κ1) is 17.3. The van der Waals surface area contributed by atoms with Crippen molar-refractivity contribution in [1.29, 1.82) is 0 Å². The summed E-state index contributed by atoms with van der Waals surface area (Å²) in [4.78, 5) is 11.7. The van der Waals surface area contributed by atoms with Gasteiger partial charge in [-0.25, -0.2) is 4.79 Å². The van der Waals surface area contributed by atoms with Gasteiger partial charge in [0.15, 0.2) is 11.8 Å². The summed E-state index contributed by atoms with van der Waals surface area (Å²) >= 11 is 9.31. The molecule has 0 amide bonds. The number of nitrogens with one attached hydrogen (secondary N) is 1. The maximum Gasteiger partial charge on any atom is 0.337 e. The first-order valence-corrected chi connectivity index (χ1v) is 8.46. The molecule has 1 aromatic carbocycles. The highest BCUT2D eigenvalue weighted by atomic mass is 79.9. The van der Waals surface area contributed by atoms with E-state index in [1.807, 2.05) is 13.8 Å². The number of hydrogen-bond acceptors (Lipinski definition) is 4. The number of carboxylic acids is 1. The summed E-state index contributed by atoms with van der Waals surface area (Å²) in [7, 11) is 0. The van der Waals surface area contributed by atoms with Crippen LogP contribution >= 0.6 is 27.5 Å². The third kappa shape index (κ3) is 2.35. The molecule has 8 heteroatoms. The summed E-state index contributed by atoms with van der Waals surface area (Å²) < 4.78 is 2.16. The molecular formula is C16H16BrClN2O4. The fraction of sp³-hybridized carbons (Fsp3) is 0.312. The monoisotopic (exact) mass is 414 g/mol.